The SMILES string of the molecule is CNC(=O)c1cccc(Nc2cc([C@H]3C[CH]CC3)[nH]n2)n1. The third-order valence-electron chi connectivity index (χ3n) is 3.67. The molecule has 109 valence electrons. The van der Waals surface area contributed by atoms with Gasteiger partial charge in [0.2, 0.25) is 0 Å². The fourth-order valence-corrected chi connectivity index (χ4v) is 2.54. The van der Waals surface area contributed by atoms with Crippen molar-refractivity contribution in [3.63, 3.8) is 0 Å². The summed E-state index contributed by atoms with van der Waals surface area (Å²) >= 11 is 0. The number of hydrogen-bond acceptors (Lipinski definition) is 4. The Morgan fingerprint density at radius 2 is 2.29 bits per heavy atom. The first-order valence-electron chi connectivity index (χ1n) is 7.09. The molecule has 0 aromatic carbocycles. The van der Waals surface area contributed by atoms with Gasteiger partial charge in [-0.05, 0) is 37.8 Å². The van der Waals surface area contributed by atoms with Crippen molar-refractivity contribution in [3.8, 4) is 0 Å². The molecule has 0 aliphatic heterocycles. The van der Waals surface area contributed by atoms with Crippen molar-refractivity contribution in [2.75, 3.05) is 12.4 Å². The van der Waals surface area contributed by atoms with E-state index >= 15 is 0 Å². The molecule has 0 bridgehead atoms. The number of carbonyl (C=O) groups is 1. The van der Waals surface area contributed by atoms with Crippen LogP contribution in [0.3, 0.4) is 0 Å². The fraction of sp³-hybridized carbons (Fsp3) is 0.333. The third kappa shape index (κ3) is 3.04. The minimum Gasteiger partial charge on any atom is -0.354 e. The van der Waals surface area contributed by atoms with Gasteiger partial charge in [0, 0.05) is 24.7 Å². The molecule has 0 saturated heterocycles. The van der Waals surface area contributed by atoms with Crippen molar-refractivity contribution in [1.82, 2.24) is 20.5 Å². The van der Waals surface area contributed by atoms with E-state index in [4.69, 9.17) is 0 Å². The molecule has 1 radical (unpaired) electrons. The summed E-state index contributed by atoms with van der Waals surface area (Å²) in [5, 5.41) is 13.0. The van der Waals surface area contributed by atoms with Gasteiger partial charge < -0.3 is 10.6 Å². The van der Waals surface area contributed by atoms with E-state index in [1.54, 1.807) is 19.2 Å². The van der Waals surface area contributed by atoms with Crippen molar-refractivity contribution >= 4 is 17.5 Å². The molecule has 1 aliphatic rings. The summed E-state index contributed by atoms with van der Waals surface area (Å²) < 4.78 is 0. The van der Waals surface area contributed by atoms with Crippen LogP contribution in [0.2, 0.25) is 0 Å². The molecule has 1 saturated carbocycles. The average Bonchev–Trinajstić information content (AvgIpc) is 3.17. The predicted molar refractivity (Wildman–Crippen MR) is 80.4 cm³/mol. The van der Waals surface area contributed by atoms with Crippen molar-refractivity contribution in [2.24, 2.45) is 0 Å². The summed E-state index contributed by atoms with van der Waals surface area (Å²) in [5.41, 5.74) is 1.53. The van der Waals surface area contributed by atoms with Crippen LogP contribution in [0.5, 0.6) is 0 Å². The Morgan fingerprint density at radius 3 is 3.05 bits per heavy atom. The number of hydrogen-bond donors (Lipinski definition) is 3. The van der Waals surface area contributed by atoms with Crippen LogP contribution < -0.4 is 10.6 Å². The molecular formula is C15H18N5O. The molecular weight excluding hydrogens is 266 g/mol. The summed E-state index contributed by atoms with van der Waals surface area (Å²) in [5.74, 6) is 1.66. The van der Waals surface area contributed by atoms with E-state index < -0.39 is 0 Å². The normalized spacial score (nSPS) is 15.1. The Labute approximate surface area is 123 Å². The monoisotopic (exact) mass is 284 g/mol. The fourth-order valence-electron chi connectivity index (χ4n) is 2.54. The van der Waals surface area contributed by atoms with E-state index in [0.717, 1.165) is 17.9 Å². The lowest BCUT2D eigenvalue weighted by Gasteiger charge is -2.04. The average molecular weight is 284 g/mol. The van der Waals surface area contributed by atoms with Crippen LogP contribution in [0.15, 0.2) is 24.3 Å². The summed E-state index contributed by atoms with van der Waals surface area (Å²) in [6.45, 7) is 0. The highest BCUT2D eigenvalue weighted by atomic mass is 16.1. The molecule has 6 heteroatoms. The Balaban J connectivity index is 1.73. The van der Waals surface area contributed by atoms with E-state index in [2.05, 4.69) is 32.2 Å². The summed E-state index contributed by atoms with van der Waals surface area (Å²) in [6, 6.07) is 7.29. The van der Waals surface area contributed by atoms with Crippen LogP contribution in [-0.4, -0.2) is 28.1 Å². The molecule has 0 unspecified atom stereocenters. The van der Waals surface area contributed by atoms with Crippen LogP contribution in [0.4, 0.5) is 11.6 Å². The van der Waals surface area contributed by atoms with Gasteiger partial charge in [-0.2, -0.15) is 5.10 Å². The Bertz CT molecular complexity index is 630. The number of nitrogens with one attached hydrogen (secondary N) is 3. The number of amides is 1. The Hall–Kier alpha value is -2.37. The Kier molecular flexibility index (Phi) is 3.85. The summed E-state index contributed by atoms with van der Waals surface area (Å²) in [7, 11) is 1.59. The van der Waals surface area contributed by atoms with E-state index in [1.807, 2.05) is 12.1 Å². The molecule has 3 N–H and O–H groups in total. The number of rotatable bonds is 4. The molecule has 2 heterocycles. The number of aromatic amines is 1. The highest BCUT2D eigenvalue weighted by Gasteiger charge is 2.19. The number of aromatic nitrogens is 3. The van der Waals surface area contributed by atoms with Gasteiger partial charge in [0.05, 0.1) is 0 Å². The summed E-state index contributed by atoms with van der Waals surface area (Å²) in [6.07, 6.45) is 5.76. The second kappa shape index (κ2) is 5.95. The van der Waals surface area contributed by atoms with Crippen molar-refractivity contribution < 1.29 is 4.79 Å². The van der Waals surface area contributed by atoms with Crippen LogP contribution in [0.1, 0.15) is 41.4 Å². The zero-order valence-corrected chi connectivity index (χ0v) is 11.9. The smallest absolute Gasteiger partial charge is 0.269 e. The van der Waals surface area contributed by atoms with E-state index in [9.17, 15) is 4.79 Å². The number of anilines is 2. The molecule has 1 amide bonds. The maximum Gasteiger partial charge on any atom is 0.269 e. The third-order valence-corrected chi connectivity index (χ3v) is 3.67. The first kappa shape index (κ1) is 13.6. The molecule has 1 aliphatic carbocycles. The predicted octanol–water partition coefficient (Wildman–Crippen LogP) is 2.38. The second-order valence-electron chi connectivity index (χ2n) is 5.12. The largest absolute Gasteiger partial charge is 0.354 e. The minimum absolute atomic E-state index is 0.206. The standard InChI is InChI=1S/C15H18N5O/c1-16-15(21)11-7-4-8-13(17-11)18-14-9-12(19-20-14)10-5-2-3-6-10/h2,4,7-10H,3,5-6H2,1H3,(H,16,21)(H2,17,18,19,20)/t10-/m0/s1. The lowest BCUT2D eigenvalue weighted by atomic mass is 10.0. The van der Waals surface area contributed by atoms with Crippen LogP contribution in [0.25, 0.3) is 0 Å². The molecule has 6 nitrogen and oxygen atoms in total. The maximum atomic E-state index is 11.6. The van der Waals surface area contributed by atoms with Crippen molar-refractivity contribution in [2.45, 2.75) is 25.2 Å². The first-order valence-corrected chi connectivity index (χ1v) is 7.09. The highest BCUT2D eigenvalue weighted by Crippen LogP contribution is 2.33. The minimum atomic E-state index is -0.206. The van der Waals surface area contributed by atoms with Crippen molar-refractivity contribution in [3.05, 3.63) is 42.1 Å². The van der Waals surface area contributed by atoms with Gasteiger partial charge in [0.15, 0.2) is 5.82 Å². The van der Waals surface area contributed by atoms with Crippen LogP contribution in [-0.2, 0) is 0 Å². The summed E-state index contributed by atoms with van der Waals surface area (Å²) in [4.78, 5) is 15.8. The molecule has 0 spiro atoms. The lowest BCUT2D eigenvalue weighted by molar-refractivity contribution is 0.0958. The van der Waals surface area contributed by atoms with Crippen LogP contribution in [0, 0.1) is 6.42 Å². The highest BCUT2D eigenvalue weighted by molar-refractivity contribution is 5.92. The lowest BCUT2D eigenvalue weighted by Crippen LogP contribution is -2.19. The van der Waals surface area contributed by atoms with E-state index in [1.165, 1.54) is 12.8 Å². The Morgan fingerprint density at radius 1 is 1.38 bits per heavy atom. The van der Waals surface area contributed by atoms with Gasteiger partial charge in [-0.25, -0.2) is 4.98 Å². The van der Waals surface area contributed by atoms with Gasteiger partial charge in [-0.1, -0.05) is 6.07 Å². The maximum absolute atomic E-state index is 11.6. The van der Waals surface area contributed by atoms with Gasteiger partial charge in [0.25, 0.3) is 5.91 Å². The molecule has 2 aromatic rings. The molecule has 3 rings (SSSR count). The second-order valence-corrected chi connectivity index (χ2v) is 5.12. The molecule has 1 fully saturated rings. The number of carbonyl (C=O) groups excluding carboxylic acids is 1. The topological polar surface area (TPSA) is 82.7 Å². The zero-order chi connectivity index (χ0) is 14.7. The number of pyridine rings is 1. The van der Waals surface area contributed by atoms with Crippen molar-refractivity contribution in [1.29, 1.82) is 0 Å². The van der Waals surface area contributed by atoms with Gasteiger partial charge in [-0.3, -0.25) is 9.89 Å². The van der Waals surface area contributed by atoms with Gasteiger partial charge >= 0.3 is 0 Å². The number of nitrogens with zero attached hydrogens (tertiary/aromatic N) is 2. The zero-order valence-electron chi connectivity index (χ0n) is 11.9. The molecule has 2 aromatic heterocycles. The van der Waals surface area contributed by atoms with Crippen LogP contribution >= 0.6 is 0 Å². The van der Waals surface area contributed by atoms with Gasteiger partial charge in [-0.15, -0.1) is 0 Å². The van der Waals surface area contributed by atoms with E-state index in [0.29, 0.717) is 17.4 Å². The molecule has 1 atom stereocenters. The first-order chi connectivity index (χ1) is 10.3. The molecule has 21 heavy (non-hydrogen) atoms. The van der Waals surface area contributed by atoms with Gasteiger partial charge in [0.1, 0.15) is 11.5 Å². The van der Waals surface area contributed by atoms with E-state index in [-0.39, 0.29) is 5.91 Å². The number of H-pyrrole nitrogens is 1. The quantitative estimate of drug-likeness (QED) is 0.805.